The number of nitrogen functional groups attached to an aromatic ring is 1. The highest BCUT2D eigenvalue weighted by Crippen LogP contribution is 2.21. The molecule has 2 rings (SSSR count). The van der Waals surface area contributed by atoms with E-state index in [4.69, 9.17) is 5.73 Å². The zero-order valence-corrected chi connectivity index (χ0v) is 12.6. The third-order valence-corrected chi connectivity index (χ3v) is 4.58. The molecule has 0 radical (unpaired) electrons. The first kappa shape index (κ1) is 15.5. The molecule has 1 aromatic carbocycles. The molecule has 1 heterocycles. The first-order valence-electron chi connectivity index (χ1n) is 6.34. The van der Waals surface area contributed by atoms with Crippen LogP contribution in [0.3, 0.4) is 0 Å². The maximum absolute atomic E-state index is 13.3. The highest BCUT2D eigenvalue weighted by Gasteiger charge is 2.18. The maximum atomic E-state index is 13.3. The Kier molecular flexibility index (Phi) is 4.29. The first-order valence-corrected chi connectivity index (χ1v) is 7.82. The second-order valence-electron chi connectivity index (χ2n) is 4.82. The predicted octanol–water partition coefficient (Wildman–Crippen LogP) is 1.20. The van der Waals surface area contributed by atoms with Gasteiger partial charge in [0.25, 0.3) is 0 Å². The molecule has 0 atom stereocenters. The molecule has 0 spiro atoms. The van der Waals surface area contributed by atoms with Gasteiger partial charge in [-0.25, -0.2) is 17.5 Å². The van der Waals surface area contributed by atoms with Gasteiger partial charge in [-0.05, 0) is 37.1 Å². The van der Waals surface area contributed by atoms with Crippen molar-refractivity contribution in [3.8, 4) is 0 Å². The number of sulfonamides is 1. The van der Waals surface area contributed by atoms with Crippen LogP contribution in [0.25, 0.3) is 0 Å². The fourth-order valence-corrected chi connectivity index (χ4v) is 3.20. The van der Waals surface area contributed by atoms with E-state index in [0.29, 0.717) is 12.1 Å². The van der Waals surface area contributed by atoms with Crippen molar-refractivity contribution in [3.63, 3.8) is 0 Å². The molecule has 0 fully saturated rings. The van der Waals surface area contributed by atoms with Crippen molar-refractivity contribution in [1.29, 1.82) is 0 Å². The minimum absolute atomic E-state index is 0.0157. The number of nitrogens with one attached hydrogen (secondary N) is 1. The molecule has 0 aliphatic heterocycles. The van der Waals surface area contributed by atoms with E-state index in [9.17, 15) is 12.8 Å². The summed E-state index contributed by atoms with van der Waals surface area (Å²) in [5, 5.41) is 4.06. The van der Waals surface area contributed by atoms with Crippen LogP contribution in [0.2, 0.25) is 0 Å². The number of hydrogen-bond donors (Lipinski definition) is 2. The number of aromatic nitrogens is 2. The van der Waals surface area contributed by atoms with Crippen LogP contribution in [0.1, 0.15) is 11.1 Å². The van der Waals surface area contributed by atoms with Gasteiger partial charge in [0.15, 0.2) is 0 Å². The Hall–Kier alpha value is -1.93. The van der Waals surface area contributed by atoms with Crippen LogP contribution in [-0.4, -0.2) is 24.7 Å². The van der Waals surface area contributed by atoms with E-state index in [1.807, 2.05) is 13.1 Å². The summed E-state index contributed by atoms with van der Waals surface area (Å²) in [7, 11) is -3.73. The highest BCUT2D eigenvalue weighted by molar-refractivity contribution is 7.89. The van der Waals surface area contributed by atoms with Crippen molar-refractivity contribution < 1.29 is 12.8 Å². The lowest BCUT2D eigenvalue weighted by Crippen LogP contribution is -2.28. The molecule has 1 aromatic heterocycles. The molecule has 0 saturated carbocycles. The van der Waals surface area contributed by atoms with E-state index in [1.165, 1.54) is 6.92 Å². The van der Waals surface area contributed by atoms with Gasteiger partial charge in [0.2, 0.25) is 10.0 Å². The van der Waals surface area contributed by atoms with E-state index in [1.54, 1.807) is 10.9 Å². The van der Waals surface area contributed by atoms with Crippen LogP contribution in [0.15, 0.2) is 29.4 Å². The van der Waals surface area contributed by atoms with Crippen LogP contribution in [-0.2, 0) is 16.6 Å². The Morgan fingerprint density at radius 2 is 2.10 bits per heavy atom. The number of aryl methyl sites for hydroxylation is 2. The normalized spacial score (nSPS) is 11.8. The second-order valence-corrected chi connectivity index (χ2v) is 6.55. The molecule has 21 heavy (non-hydrogen) atoms. The van der Waals surface area contributed by atoms with Gasteiger partial charge < -0.3 is 5.73 Å². The quantitative estimate of drug-likeness (QED) is 0.812. The topological polar surface area (TPSA) is 90.0 Å². The number of rotatable bonds is 5. The Morgan fingerprint density at radius 1 is 1.38 bits per heavy atom. The average Bonchev–Trinajstić information content (AvgIpc) is 2.79. The molecule has 0 aliphatic carbocycles. The van der Waals surface area contributed by atoms with Gasteiger partial charge in [0, 0.05) is 12.7 Å². The average molecular weight is 312 g/mol. The van der Waals surface area contributed by atoms with Gasteiger partial charge in [-0.15, -0.1) is 0 Å². The maximum Gasteiger partial charge on any atom is 0.240 e. The third-order valence-electron chi connectivity index (χ3n) is 2.98. The molecule has 0 unspecified atom stereocenters. The second kappa shape index (κ2) is 5.82. The number of nitrogens with zero attached hydrogens (tertiary/aromatic N) is 2. The van der Waals surface area contributed by atoms with Crippen LogP contribution >= 0.6 is 0 Å². The fourth-order valence-electron chi connectivity index (χ4n) is 1.92. The molecule has 0 saturated heterocycles. The zero-order valence-electron chi connectivity index (χ0n) is 11.8. The van der Waals surface area contributed by atoms with Crippen molar-refractivity contribution in [2.24, 2.45) is 0 Å². The summed E-state index contributed by atoms with van der Waals surface area (Å²) in [5.74, 6) is -0.626. The lowest BCUT2D eigenvalue weighted by atomic mass is 10.2. The van der Waals surface area contributed by atoms with E-state index < -0.39 is 15.8 Å². The van der Waals surface area contributed by atoms with Crippen LogP contribution in [0.5, 0.6) is 0 Å². The molecule has 0 bridgehead atoms. The molecule has 0 aliphatic rings. The summed E-state index contributed by atoms with van der Waals surface area (Å²) in [6.07, 6.45) is 3.51. The van der Waals surface area contributed by atoms with Gasteiger partial charge in [0.1, 0.15) is 5.82 Å². The summed E-state index contributed by atoms with van der Waals surface area (Å²) >= 11 is 0. The molecule has 2 aromatic rings. The molecule has 3 N–H and O–H groups in total. The van der Waals surface area contributed by atoms with Gasteiger partial charge in [0.05, 0.1) is 23.3 Å². The summed E-state index contributed by atoms with van der Waals surface area (Å²) in [4.78, 5) is -0.0157. The summed E-state index contributed by atoms with van der Waals surface area (Å²) in [6, 6.07) is 2.24. The molecule has 6 nitrogen and oxygen atoms in total. The number of halogens is 1. The van der Waals surface area contributed by atoms with E-state index in [2.05, 4.69) is 9.82 Å². The molecule has 114 valence electrons. The minimum atomic E-state index is -3.73. The van der Waals surface area contributed by atoms with E-state index >= 15 is 0 Å². The van der Waals surface area contributed by atoms with Crippen molar-refractivity contribution in [3.05, 3.63) is 41.5 Å². The highest BCUT2D eigenvalue weighted by atomic mass is 32.2. The zero-order chi connectivity index (χ0) is 15.6. The predicted molar refractivity (Wildman–Crippen MR) is 77.7 cm³/mol. The van der Waals surface area contributed by atoms with Gasteiger partial charge in [-0.3, -0.25) is 4.68 Å². The van der Waals surface area contributed by atoms with E-state index in [-0.39, 0.29) is 17.1 Å². The summed E-state index contributed by atoms with van der Waals surface area (Å²) < 4.78 is 41.8. The molecular weight excluding hydrogens is 295 g/mol. The van der Waals surface area contributed by atoms with E-state index in [0.717, 1.165) is 17.7 Å². The molecule has 0 amide bonds. The summed E-state index contributed by atoms with van der Waals surface area (Å²) in [5.41, 5.74) is 6.55. The largest absolute Gasteiger partial charge is 0.396 e. The Balaban J connectivity index is 2.10. The Labute approximate surface area is 122 Å². The van der Waals surface area contributed by atoms with Gasteiger partial charge in [-0.2, -0.15) is 5.10 Å². The third kappa shape index (κ3) is 3.59. The van der Waals surface area contributed by atoms with Crippen LogP contribution in [0.4, 0.5) is 10.1 Å². The van der Waals surface area contributed by atoms with Crippen molar-refractivity contribution in [1.82, 2.24) is 14.5 Å². The lowest BCUT2D eigenvalue weighted by molar-refractivity contribution is 0.560. The standard InChI is InChI=1S/C13H17FN4O2S/c1-9-7-16-18(8-9)4-3-17-21(19,20)13-6-12(15)11(14)5-10(13)2/h5-8,17H,3-4,15H2,1-2H3. The number of anilines is 1. The monoisotopic (exact) mass is 312 g/mol. The van der Waals surface area contributed by atoms with Crippen molar-refractivity contribution in [2.45, 2.75) is 25.3 Å². The minimum Gasteiger partial charge on any atom is -0.396 e. The van der Waals surface area contributed by atoms with Crippen LogP contribution in [0, 0.1) is 19.7 Å². The Morgan fingerprint density at radius 3 is 2.71 bits per heavy atom. The van der Waals surface area contributed by atoms with Gasteiger partial charge in [-0.1, -0.05) is 0 Å². The first-order chi connectivity index (χ1) is 9.79. The number of benzene rings is 1. The molecular formula is C13H17FN4O2S. The number of nitrogens with two attached hydrogens (primary N) is 1. The molecule has 8 heteroatoms. The van der Waals surface area contributed by atoms with Crippen molar-refractivity contribution in [2.75, 3.05) is 12.3 Å². The smallest absolute Gasteiger partial charge is 0.240 e. The Bertz CT molecular complexity index is 756. The summed E-state index contributed by atoms with van der Waals surface area (Å²) in [6.45, 7) is 4.01. The lowest BCUT2D eigenvalue weighted by Gasteiger charge is -2.10. The fraction of sp³-hybridized carbons (Fsp3) is 0.308. The van der Waals surface area contributed by atoms with Gasteiger partial charge >= 0.3 is 0 Å². The van der Waals surface area contributed by atoms with Crippen LogP contribution < -0.4 is 10.5 Å². The SMILES string of the molecule is Cc1cnn(CCNS(=O)(=O)c2cc(N)c(F)cc2C)c1. The van der Waals surface area contributed by atoms with Crippen molar-refractivity contribution >= 4 is 15.7 Å². The number of hydrogen-bond acceptors (Lipinski definition) is 4.